The summed E-state index contributed by atoms with van der Waals surface area (Å²) in [6.07, 6.45) is 2.75. The van der Waals surface area contributed by atoms with Gasteiger partial charge in [-0.25, -0.2) is 8.42 Å². The number of halogens is 2. The number of hydrogen-bond acceptors (Lipinski definition) is 4. The third-order valence-electron chi connectivity index (χ3n) is 4.67. The quantitative estimate of drug-likeness (QED) is 0.694. The van der Waals surface area contributed by atoms with Gasteiger partial charge in [-0.1, -0.05) is 35.7 Å². The molecular formula is C20H22Cl2N2O4S. The highest BCUT2D eigenvalue weighted by Gasteiger charge is 2.26. The minimum atomic E-state index is -3.58. The predicted octanol–water partition coefficient (Wildman–Crippen LogP) is 4.49. The highest BCUT2D eigenvalue weighted by Crippen LogP contribution is 2.30. The third kappa shape index (κ3) is 5.42. The summed E-state index contributed by atoms with van der Waals surface area (Å²) in [6.45, 7) is 2.63. The number of rotatable bonds is 6. The van der Waals surface area contributed by atoms with Crippen molar-refractivity contribution in [2.75, 3.05) is 25.0 Å². The van der Waals surface area contributed by atoms with E-state index in [0.29, 0.717) is 23.8 Å². The molecule has 1 saturated heterocycles. The summed E-state index contributed by atoms with van der Waals surface area (Å²) in [4.78, 5) is 12.2. The number of ether oxygens (including phenoxy) is 1. The molecule has 0 spiro atoms. The number of benzene rings is 2. The monoisotopic (exact) mass is 456 g/mol. The lowest BCUT2D eigenvalue weighted by atomic mass is 10.2. The molecule has 2 aromatic rings. The molecule has 0 aromatic heterocycles. The van der Waals surface area contributed by atoms with E-state index in [4.69, 9.17) is 27.9 Å². The molecule has 1 aliphatic heterocycles. The molecule has 0 atom stereocenters. The SMILES string of the molecule is Cc1ccc(NC(=O)COc2ccc(S(=O)(=O)N3CCCCC3)cc2Cl)cc1Cl. The fourth-order valence-electron chi connectivity index (χ4n) is 3.02. The van der Waals surface area contributed by atoms with Gasteiger partial charge in [-0.2, -0.15) is 4.31 Å². The van der Waals surface area contributed by atoms with Crippen molar-refractivity contribution in [2.24, 2.45) is 0 Å². The van der Waals surface area contributed by atoms with Crippen LogP contribution in [-0.4, -0.2) is 38.3 Å². The third-order valence-corrected chi connectivity index (χ3v) is 7.27. The molecule has 0 radical (unpaired) electrons. The molecule has 0 bridgehead atoms. The van der Waals surface area contributed by atoms with E-state index < -0.39 is 10.0 Å². The zero-order chi connectivity index (χ0) is 21.0. The number of aryl methyl sites for hydroxylation is 1. The van der Waals surface area contributed by atoms with Crippen molar-refractivity contribution in [1.82, 2.24) is 4.31 Å². The van der Waals surface area contributed by atoms with Gasteiger partial charge in [-0.05, 0) is 55.7 Å². The minimum Gasteiger partial charge on any atom is -0.482 e. The molecule has 156 valence electrons. The molecule has 6 nitrogen and oxygen atoms in total. The van der Waals surface area contributed by atoms with Crippen LogP contribution < -0.4 is 10.1 Å². The van der Waals surface area contributed by atoms with E-state index in [2.05, 4.69) is 5.32 Å². The smallest absolute Gasteiger partial charge is 0.262 e. The molecular weight excluding hydrogens is 435 g/mol. The number of sulfonamides is 1. The van der Waals surface area contributed by atoms with E-state index in [0.717, 1.165) is 24.8 Å². The Morgan fingerprint density at radius 3 is 2.45 bits per heavy atom. The Bertz CT molecular complexity index is 1010. The van der Waals surface area contributed by atoms with E-state index in [-0.39, 0.29) is 28.2 Å². The van der Waals surface area contributed by atoms with E-state index in [1.165, 1.54) is 22.5 Å². The largest absolute Gasteiger partial charge is 0.482 e. The topological polar surface area (TPSA) is 75.7 Å². The number of anilines is 1. The van der Waals surface area contributed by atoms with Crippen molar-refractivity contribution < 1.29 is 17.9 Å². The fraction of sp³-hybridized carbons (Fsp3) is 0.350. The second kappa shape index (κ2) is 9.34. The van der Waals surface area contributed by atoms with Gasteiger partial charge < -0.3 is 10.1 Å². The Kier molecular flexibility index (Phi) is 7.05. The molecule has 0 saturated carbocycles. The van der Waals surface area contributed by atoms with Gasteiger partial charge in [-0.3, -0.25) is 4.79 Å². The van der Waals surface area contributed by atoms with Crippen LogP contribution in [0.4, 0.5) is 5.69 Å². The average molecular weight is 457 g/mol. The summed E-state index contributed by atoms with van der Waals surface area (Å²) < 4.78 is 32.4. The van der Waals surface area contributed by atoms with E-state index in [1.54, 1.807) is 18.2 Å². The zero-order valence-electron chi connectivity index (χ0n) is 16.0. The molecule has 9 heteroatoms. The van der Waals surface area contributed by atoms with Crippen molar-refractivity contribution >= 4 is 44.8 Å². The van der Waals surface area contributed by atoms with Crippen LogP contribution in [0.5, 0.6) is 5.75 Å². The first kappa shape index (κ1) is 21.9. The fourth-order valence-corrected chi connectivity index (χ4v) is 5.05. The number of nitrogens with one attached hydrogen (secondary N) is 1. The van der Waals surface area contributed by atoms with Gasteiger partial charge in [0, 0.05) is 23.8 Å². The second-order valence-corrected chi connectivity index (χ2v) is 9.61. The number of amides is 1. The number of carbonyl (C=O) groups is 1. The maximum absolute atomic E-state index is 12.7. The second-order valence-electron chi connectivity index (χ2n) is 6.86. The van der Waals surface area contributed by atoms with Gasteiger partial charge in [0.1, 0.15) is 5.75 Å². The van der Waals surface area contributed by atoms with Crippen LogP contribution in [0.15, 0.2) is 41.3 Å². The molecule has 29 heavy (non-hydrogen) atoms. The summed E-state index contributed by atoms with van der Waals surface area (Å²) in [6, 6.07) is 9.47. The first-order chi connectivity index (χ1) is 13.8. The van der Waals surface area contributed by atoms with Crippen molar-refractivity contribution in [1.29, 1.82) is 0 Å². The molecule has 3 rings (SSSR count). The Hall–Kier alpha value is -1.80. The molecule has 1 heterocycles. The van der Waals surface area contributed by atoms with Crippen LogP contribution in [0.3, 0.4) is 0 Å². The lowest BCUT2D eigenvalue weighted by Crippen LogP contribution is -2.35. The minimum absolute atomic E-state index is 0.121. The first-order valence-electron chi connectivity index (χ1n) is 9.26. The van der Waals surface area contributed by atoms with E-state index in [9.17, 15) is 13.2 Å². The Balaban J connectivity index is 1.63. The van der Waals surface area contributed by atoms with Gasteiger partial charge in [0.25, 0.3) is 5.91 Å². The maximum Gasteiger partial charge on any atom is 0.262 e. The molecule has 2 aromatic carbocycles. The van der Waals surface area contributed by atoms with Crippen molar-refractivity contribution in [3.05, 3.63) is 52.0 Å². The van der Waals surface area contributed by atoms with Crippen LogP contribution in [-0.2, 0) is 14.8 Å². The molecule has 0 unspecified atom stereocenters. The number of carbonyl (C=O) groups excluding carboxylic acids is 1. The molecule has 0 aliphatic carbocycles. The Labute approximate surface area is 180 Å². The highest BCUT2D eigenvalue weighted by molar-refractivity contribution is 7.89. The van der Waals surface area contributed by atoms with E-state index in [1.807, 2.05) is 6.92 Å². The van der Waals surface area contributed by atoms with Crippen LogP contribution in [0.1, 0.15) is 24.8 Å². The first-order valence-corrected chi connectivity index (χ1v) is 11.5. The molecule has 1 fully saturated rings. The van der Waals surface area contributed by atoms with Gasteiger partial charge in [0.15, 0.2) is 6.61 Å². The number of piperidine rings is 1. The van der Waals surface area contributed by atoms with Crippen molar-refractivity contribution in [3.63, 3.8) is 0 Å². The Morgan fingerprint density at radius 2 is 1.79 bits per heavy atom. The van der Waals surface area contributed by atoms with Crippen LogP contribution in [0, 0.1) is 6.92 Å². The standard InChI is InChI=1S/C20H22Cl2N2O4S/c1-14-5-6-15(11-17(14)21)23-20(25)13-28-19-8-7-16(12-18(19)22)29(26,27)24-9-3-2-4-10-24/h5-8,11-12H,2-4,9-10,13H2,1H3,(H,23,25). The van der Waals surface area contributed by atoms with Crippen LogP contribution in [0.2, 0.25) is 10.0 Å². The Morgan fingerprint density at radius 1 is 1.07 bits per heavy atom. The summed E-state index contributed by atoms with van der Waals surface area (Å²) in [5, 5.41) is 3.37. The van der Waals surface area contributed by atoms with Gasteiger partial charge in [-0.15, -0.1) is 0 Å². The van der Waals surface area contributed by atoms with Crippen LogP contribution in [0.25, 0.3) is 0 Å². The van der Waals surface area contributed by atoms with Crippen molar-refractivity contribution in [2.45, 2.75) is 31.1 Å². The summed E-state index contributed by atoms with van der Waals surface area (Å²) in [7, 11) is -3.58. The number of nitrogens with zero attached hydrogens (tertiary/aromatic N) is 1. The lowest BCUT2D eigenvalue weighted by Gasteiger charge is -2.26. The van der Waals surface area contributed by atoms with Gasteiger partial charge in [0.2, 0.25) is 10.0 Å². The zero-order valence-corrected chi connectivity index (χ0v) is 18.3. The summed E-state index contributed by atoms with van der Waals surface area (Å²) >= 11 is 12.2. The normalized spacial score (nSPS) is 15.1. The molecule has 1 amide bonds. The predicted molar refractivity (Wildman–Crippen MR) is 114 cm³/mol. The van der Waals surface area contributed by atoms with Gasteiger partial charge in [0.05, 0.1) is 9.92 Å². The number of hydrogen-bond donors (Lipinski definition) is 1. The van der Waals surface area contributed by atoms with Gasteiger partial charge >= 0.3 is 0 Å². The molecule has 1 N–H and O–H groups in total. The summed E-state index contributed by atoms with van der Waals surface area (Å²) in [5.41, 5.74) is 1.47. The van der Waals surface area contributed by atoms with E-state index >= 15 is 0 Å². The van der Waals surface area contributed by atoms with Crippen LogP contribution >= 0.6 is 23.2 Å². The van der Waals surface area contributed by atoms with Crippen molar-refractivity contribution in [3.8, 4) is 5.75 Å². The lowest BCUT2D eigenvalue weighted by molar-refractivity contribution is -0.118. The highest BCUT2D eigenvalue weighted by atomic mass is 35.5. The maximum atomic E-state index is 12.7. The summed E-state index contributed by atoms with van der Waals surface area (Å²) in [5.74, 6) is -0.146. The molecule has 1 aliphatic rings. The average Bonchev–Trinajstić information content (AvgIpc) is 2.70.